The van der Waals surface area contributed by atoms with E-state index in [1.165, 1.54) is 32.4 Å². The molecular weight excluding hydrogens is 376 g/mol. The van der Waals surface area contributed by atoms with Gasteiger partial charge in [-0.05, 0) is 57.8 Å². The number of piperidine rings is 1. The van der Waals surface area contributed by atoms with Gasteiger partial charge in [-0.25, -0.2) is 9.97 Å². The molecule has 0 aliphatic carbocycles. The monoisotopic (exact) mass is 414 g/mol. The van der Waals surface area contributed by atoms with Crippen molar-refractivity contribution in [3.63, 3.8) is 0 Å². The van der Waals surface area contributed by atoms with Crippen LogP contribution in [0.3, 0.4) is 0 Å². The van der Waals surface area contributed by atoms with Crippen LogP contribution in [-0.2, 0) is 6.54 Å². The van der Waals surface area contributed by atoms with Gasteiger partial charge in [0.2, 0.25) is 5.95 Å². The van der Waals surface area contributed by atoms with Crippen LogP contribution in [0.15, 0.2) is 12.3 Å². The lowest BCUT2D eigenvalue weighted by molar-refractivity contribution is 0.0745. The molecule has 1 fully saturated rings. The van der Waals surface area contributed by atoms with E-state index in [9.17, 15) is 4.79 Å². The van der Waals surface area contributed by atoms with Crippen molar-refractivity contribution < 1.29 is 4.79 Å². The summed E-state index contributed by atoms with van der Waals surface area (Å²) in [6.45, 7) is 10.2. The number of carbonyl (C=O) groups excluding carboxylic acids is 1. The van der Waals surface area contributed by atoms with Crippen LogP contribution in [0, 0.1) is 0 Å². The Kier molecular flexibility index (Phi) is 8.49. The number of hydrogen-bond acceptors (Lipinski definition) is 5. The van der Waals surface area contributed by atoms with E-state index in [1.54, 1.807) is 6.20 Å². The SMILES string of the molecule is CCCCN(CCCC)C(=O)c1cc2c(cn1)nc(N)n2CCCN1CCCCC1. The number of anilines is 1. The lowest BCUT2D eigenvalue weighted by Gasteiger charge is -2.26. The molecule has 166 valence electrons. The van der Waals surface area contributed by atoms with Crippen molar-refractivity contribution in [2.75, 3.05) is 38.5 Å². The molecule has 7 heteroatoms. The number of carbonyl (C=O) groups is 1. The number of nitrogens with two attached hydrogens (primary N) is 1. The van der Waals surface area contributed by atoms with Crippen molar-refractivity contribution in [3.8, 4) is 0 Å². The van der Waals surface area contributed by atoms with Crippen LogP contribution in [0.5, 0.6) is 0 Å². The molecule has 3 heterocycles. The summed E-state index contributed by atoms with van der Waals surface area (Å²) in [6.07, 6.45) is 10.9. The van der Waals surface area contributed by atoms with Crippen LogP contribution in [-0.4, -0.2) is 63.0 Å². The zero-order chi connectivity index (χ0) is 21.3. The number of nitrogens with zero attached hydrogens (tertiary/aromatic N) is 5. The predicted molar refractivity (Wildman–Crippen MR) is 123 cm³/mol. The molecule has 3 rings (SSSR count). The molecule has 0 radical (unpaired) electrons. The van der Waals surface area contributed by atoms with E-state index in [1.807, 2.05) is 15.5 Å². The standard InChI is InChI=1S/C23H38N6O/c1-3-5-14-28(15-6-4-2)22(30)19-17-21-20(18-25-19)26-23(24)29(21)16-10-13-27-11-8-7-9-12-27/h17-18H,3-16H2,1-2H3,(H2,24,26). The molecule has 0 spiro atoms. The first-order chi connectivity index (χ1) is 14.6. The van der Waals surface area contributed by atoms with Crippen LogP contribution in [0.2, 0.25) is 0 Å². The first-order valence-electron chi connectivity index (χ1n) is 11.8. The number of rotatable bonds is 11. The Morgan fingerprint density at radius 1 is 1.07 bits per heavy atom. The van der Waals surface area contributed by atoms with Gasteiger partial charge in [0.25, 0.3) is 5.91 Å². The second-order valence-corrected chi connectivity index (χ2v) is 8.44. The quantitative estimate of drug-likeness (QED) is 0.602. The van der Waals surface area contributed by atoms with Crippen molar-refractivity contribution in [2.24, 2.45) is 0 Å². The summed E-state index contributed by atoms with van der Waals surface area (Å²) in [5.41, 5.74) is 8.37. The highest BCUT2D eigenvalue weighted by molar-refractivity contribution is 5.95. The summed E-state index contributed by atoms with van der Waals surface area (Å²) in [5.74, 6) is 0.516. The molecule has 0 unspecified atom stereocenters. The molecule has 2 aromatic rings. The minimum absolute atomic E-state index is 0.0124. The van der Waals surface area contributed by atoms with Crippen molar-refractivity contribution in [3.05, 3.63) is 18.0 Å². The molecule has 1 aliphatic rings. The number of unbranched alkanes of at least 4 members (excludes halogenated alkanes) is 2. The average molecular weight is 415 g/mol. The van der Waals surface area contributed by atoms with Gasteiger partial charge < -0.3 is 20.1 Å². The van der Waals surface area contributed by atoms with Crippen molar-refractivity contribution in [2.45, 2.75) is 71.8 Å². The van der Waals surface area contributed by atoms with Crippen molar-refractivity contribution in [1.82, 2.24) is 24.3 Å². The second kappa shape index (κ2) is 11.3. The zero-order valence-electron chi connectivity index (χ0n) is 18.8. The Balaban J connectivity index is 1.73. The summed E-state index contributed by atoms with van der Waals surface area (Å²) in [7, 11) is 0. The molecule has 0 atom stereocenters. The van der Waals surface area contributed by atoms with Gasteiger partial charge in [0.1, 0.15) is 11.2 Å². The van der Waals surface area contributed by atoms with Gasteiger partial charge in [0.05, 0.1) is 11.7 Å². The lowest BCUT2D eigenvalue weighted by atomic mass is 10.1. The predicted octanol–water partition coefficient (Wildman–Crippen LogP) is 3.93. The Labute approximate surface area is 180 Å². The number of aryl methyl sites for hydroxylation is 1. The van der Waals surface area contributed by atoms with E-state index >= 15 is 0 Å². The van der Waals surface area contributed by atoms with Gasteiger partial charge in [-0.15, -0.1) is 0 Å². The summed E-state index contributed by atoms with van der Waals surface area (Å²) in [4.78, 5) is 26.5. The van der Waals surface area contributed by atoms with E-state index < -0.39 is 0 Å². The molecular formula is C23H38N6O. The van der Waals surface area contributed by atoms with Crippen LogP contribution in [0.25, 0.3) is 11.0 Å². The minimum Gasteiger partial charge on any atom is -0.369 e. The number of amides is 1. The highest BCUT2D eigenvalue weighted by atomic mass is 16.2. The van der Waals surface area contributed by atoms with Crippen LogP contribution in [0.1, 0.15) is 75.7 Å². The third-order valence-electron chi connectivity index (χ3n) is 6.04. The fourth-order valence-electron chi connectivity index (χ4n) is 4.21. The zero-order valence-corrected chi connectivity index (χ0v) is 18.8. The third-order valence-corrected chi connectivity index (χ3v) is 6.04. The Morgan fingerprint density at radius 3 is 2.43 bits per heavy atom. The summed E-state index contributed by atoms with van der Waals surface area (Å²) >= 11 is 0. The lowest BCUT2D eigenvalue weighted by Crippen LogP contribution is -2.33. The maximum absolute atomic E-state index is 13.1. The molecule has 0 bridgehead atoms. The number of pyridine rings is 1. The fourth-order valence-corrected chi connectivity index (χ4v) is 4.21. The van der Waals surface area contributed by atoms with E-state index in [0.717, 1.165) is 69.3 Å². The normalized spacial score (nSPS) is 15.0. The summed E-state index contributed by atoms with van der Waals surface area (Å²) < 4.78 is 2.04. The molecule has 7 nitrogen and oxygen atoms in total. The van der Waals surface area contributed by atoms with Crippen molar-refractivity contribution in [1.29, 1.82) is 0 Å². The van der Waals surface area contributed by atoms with E-state index in [4.69, 9.17) is 5.73 Å². The van der Waals surface area contributed by atoms with Gasteiger partial charge >= 0.3 is 0 Å². The molecule has 30 heavy (non-hydrogen) atoms. The number of hydrogen-bond donors (Lipinski definition) is 1. The molecule has 1 amide bonds. The van der Waals surface area contributed by atoms with Crippen LogP contribution in [0.4, 0.5) is 5.95 Å². The second-order valence-electron chi connectivity index (χ2n) is 8.44. The van der Waals surface area contributed by atoms with Gasteiger partial charge in [-0.2, -0.15) is 0 Å². The first-order valence-corrected chi connectivity index (χ1v) is 11.8. The molecule has 2 aromatic heterocycles. The Morgan fingerprint density at radius 2 is 1.77 bits per heavy atom. The Bertz CT molecular complexity index is 803. The van der Waals surface area contributed by atoms with Crippen LogP contribution < -0.4 is 5.73 Å². The Hall–Kier alpha value is -2.15. The van der Waals surface area contributed by atoms with E-state index in [0.29, 0.717) is 11.6 Å². The van der Waals surface area contributed by atoms with Gasteiger partial charge in [0, 0.05) is 19.6 Å². The largest absolute Gasteiger partial charge is 0.369 e. The summed E-state index contributed by atoms with van der Waals surface area (Å²) in [5, 5.41) is 0. The topological polar surface area (TPSA) is 80.3 Å². The van der Waals surface area contributed by atoms with Crippen molar-refractivity contribution >= 4 is 22.9 Å². The van der Waals surface area contributed by atoms with Gasteiger partial charge in [-0.1, -0.05) is 33.1 Å². The summed E-state index contributed by atoms with van der Waals surface area (Å²) in [6, 6.07) is 1.88. The van der Waals surface area contributed by atoms with Crippen LogP contribution >= 0.6 is 0 Å². The molecule has 1 aliphatic heterocycles. The highest BCUT2D eigenvalue weighted by Crippen LogP contribution is 2.20. The highest BCUT2D eigenvalue weighted by Gasteiger charge is 2.19. The minimum atomic E-state index is 0.0124. The average Bonchev–Trinajstić information content (AvgIpc) is 3.08. The maximum Gasteiger partial charge on any atom is 0.272 e. The number of likely N-dealkylation sites (tertiary alicyclic amines) is 1. The number of aromatic nitrogens is 3. The number of nitrogen functional groups attached to an aromatic ring is 1. The molecule has 1 saturated heterocycles. The van der Waals surface area contributed by atoms with E-state index in [2.05, 4.69) is 28.7 Å². The smallest absolute Gasteiger partial charge is 0.272 e. The molecule has 0 aromatic carbocycles. The third kappa shape index (κ3) is 5.72. The first kappa shape index (κ1) is 22.5. The fraction of sp³-hybridized carbons (Fsp3) is 0.696. The van der Waals surface area contributed by atoms with Gasteiger partial charge in [-0.3, -0.25) is 4.79 Å². The maximum atomic E-state index is 13.1. The van der Waals surface area contributed by atoms with E-state index in [-0.39, 0.29) is 5.91 Å². The molecule has 0 saturated carbocycles. The molecule has 2 N–H and O–H groups in total. The number of imidazole rings is 1. The van der Waals surface area contributed by atoms with Gasteiger partial charge in [0.15, 0.2) is 0 Å². The number of fused-ring (bicyclic) bond motifs is 1.